The normalized spacial score (nSPS) is 19.2. The summed E-state index contributed by atoms with van der Waals surface area (Å²) in [5.74, 6) is 2.04. The fourth-order valence-corrected chi connectivity index (χ4v) is 3.79. The standard InChI is InChI=1S/C19H28N2O2/c1-23-18-9-7-17(8-10-18)20-12-14-21(15-13-20)19(22)11-6-16-4-2-3-5-16/h7-10,16H,2-6,11-15H2,1H3. The predicted molar refractivity (Wildman–Crippen MR) is 93.0 cm³/mol. The van der Waals surface area contributed by atoms with Crippen LogP contribution >= 0.6 is 0 Å². The van der Waals surface area contributed by atoms with Crippen molar-refractivity contribution in [2.24, 2.45) is 5.92 Å². The Morgan fingerprint density at radius 2 is 1.74 bits per heavy atom. The quantitative estimate of drug-likeness (QED) is 0.835. The number of rotatable bonds is 5. The second kappa shape index (κ2) is 7.71. The first-order valence-electron chi connectivity index (χ1n) is 8.93. The van der Waals surface area contributed by atoms with Gasteiger partial charge in [-0.2, -0.15) is 0 Å². The van der Waals surface area contributed by atoms with Gasteiger partial charge in [-0.1, -0.05) is 25.7 Å². The molecule has 0 aromatic heterocycles. The molecule has 0 atom stereocenters. The number of ether oxygens (including phenoxy) is 1. The molecule has 0 N–H and O–H groups in total. The number of methoxy groups -OCH3 is 1. The lowest BCUT2D eigenvalue weighted by Gasteiger charge is -2.36. The molecule has 1 aromatic rings. The summed E-state index contributed by atoms with van der Waals surface area (Å²) in [6, 6.07) is 8.18. The van der Waals surface area contributed by atoms with Gasteiger partial charge < -0.3 is 14.5 Å². The highest BCUT2D eigenvalue weighted by atomic mass is 16.5. The predicted octanol–water partition coefficient (Wildman–Crippen LogP) is 3.31. The van der Waals surface area contributed by atoms with Gasteiger partial charge in [-0.25, -0.2) is 0 Å². The van der Waals surface area contributed by atoms with Crippen molar-refractivity contribution < 1.29 is 9.53 Å². The minimum absolute atomic E-state index is 0.353. The van der Waals surface area contributed by atoms with Crippen molar-refractivity contribution >= 4 is 11.6 Å². The van der Waals surface area contributed by atoms with E-state index >= 15 is 0 Å². The van der Waals surface area contributed by atoms with Crippen LogP contribution in [0.1, 0.15) is 38.5 Å². The van der Waals surface area contributed by atoms with Crippen molar-refractivity contribution in [3.63, 3.8) is 0 Å². The van der Waals surface area contributed by atoms with Crippen molar-refractivity contribution in [1.29, 1.82) is 0 Å². The molecule has 0 radical (unpaired) electrons. The Labute approximate surface area is 139 Å². The number of benzene rings is 1. The first-order chi connectivity index (χ1) is 11.3. The average Bonchev–Trinajstić information content (AvgIpc) is 3.13. The molecule has 1 heterocycles. The van der Waals surface area contributed by atoms with E-state index in [1.165, 1.54) is 31.4 Å². The third-order valence-electron chi connectivity index (χ3n) is 5.31. The van der Waals surface area contributed by atoms with Crippen molar-refractivity contribution in [2.45, 2.75) is 38.5 Å². The fraction of sp³-hybridized carbons (Fsp3) is 0.632. The lowest BCUT2D eigenvalue weighted by molar-refractivity contribution is -0.131. The number of amides is 1. The zero-order valence-corrected chi connectivity index (χ0v) is 14.2. The molecular formula is C19H28N2O2. The summed E-state index contributed by atoms with van der Waals surface area (Å²) < 4.78 is 5.20. The van der Waals surface area contributed by atoms with E-state index in [0.717, 1.165) is 50.7 Å². The molecular weight excluding hydrogens is 288 g/mol. The Morgan fingerprint density at radius 3 is 2.35 bits per heavy atom. The fourth-order valence-electron chi connectivity index (χ4n) is 3.79. The number of hydrogen-bond donors (Lipinski definition) is 0. The van der Waals surface area contributed by atoms with E-state index in [-0.39, 0.29) is 0 Å². The van der Waals surface area contributed by atoms with Crippen molar-refractivity contribution in [1.82, 2.24) is 4.90 Å². The largest absolute Gasteiger partial charge is 0.497 e. The summed E-state index contributed by atoms with van der Waals surface area (Å²) in [4.78, 5) is 16.8. The van der Waals surface area contributed by atoms with Crippen LogP contribution in [0.5, 0.6) is 5.75 Å². The van der Waals surface area contributed by atoms with Crippen molar-refractivity contribution in [3.8, 4) is 5.75 Å². The van der Waals surface area contributed by atoms with E-state index in [2.05, 4.69) is 21.9 Å². The van der Waals surface area contributed by atoms with Crippen LogP contribution in [0.15, 0.2) is 24.3 Å². The van der Waals surface area contributed by atoms with Crippen LogP contribution in [0.2, 0.25) is 0 Å². The van der Waals surface area contributed by atoms with Crippen LogP contribution in [0.25, 0.3) is 0 Å². The molecule has 1 aliphatic carbocycles. The Balaban J connectivity index is 1.44. The van der Waals surface area contributed by atoms with Gasteiger partial charge in [0.1, 0.15) is 5.75 Å². The summed E-state index contributed by atoms with van der Waals surface area (Å²) in [7, 11) is 1.69. The number of hydrogen-bond acceptors (Lipinski definition) is 3. The Morgan fingerprint density at radius 1 is 1.09 bits per heavy atom. The van der Waals surface area contributed by atoms with Crippen LogP contribution in [0, 0.1) is 5.92 Å². The molecule has 3 rings (SSSR count). The number of carbonyl (C=O) groups is 1. The number of anilines is 1. The van der Waals surface area contributed by atoms with Gasteiger partial charge in [0, 0.05) is 38.3 Å². The lowest BCUT2D eigenvalue weighted by Crippen LogP contribution is -2.48. The van der Waals surface area contributed by atoms with Crippen LogP contribution in [-0.2, 0) is 4.79 Å². The van der Waals surface area contributed by atoms with E-state index in [4.69, 9.17) is 4.74 Å². The van der Waals surface area contributed by atoms with Gasteiger partial charge in [0.15, 0.2) is 0 Å². The number of piperazine rings is 1. The summed E-state index contributed by atoms with van der Waals surface area (Å²) >= 11 is 0. The molecule has 1 saturated heterocycles. The highest BCUT2D eigenvalue weighted by Gasteiger charge is 2.23. The maximum Gasteiger partial charge on any atom is 0.222 e. The molecule has 0 unspecified atom stereocenters. The zero-order chi connectivity index (χ0) is 16.1. The van der Waals surface area contributed by atoms with E-state index in [1.807, 2.05) is 12.1 Å². The lowest BCUT2D eigenvalue weighted by atomic mass is 10.0. The molecule has 126 valence electrons. The molecule has 1 saturated carbocycles. The molecule has 4 heteroatoms. The van der Waals surface area contributed by atoms with Gasteiger partial charge in [-0.15, -0.1) is 0 Å². The van der Waals surface area contributed by atoms with E-state index < -0.39 is 0 Å². The third kappa shape index (κ3) is 4.18. The highest BCUT2D eigenvalue weighted by Crippen LogP contribution is 2.29. The van der Waals surface area contributed by atoms with E-state index in [0.29, 0.717) is 5.91 Å². The van der Waals surface area contributed by atoms with Crippen LogP contribution in [0.3, 0.4) is 0 Å². The maximum absolute atomic E-state index is 12.4. The summed E-state index contributed by atoms with van der Waals surface area (Å²) in [5, 5.41) is 0. The molecule has 1 amide bonds. The first-order valence-corrected chi connectivity index (χ1v) is 8.93. The number of nitrogens with zero attached hydrogens (tertiary/aromatic N) is 2. The van der Waals surface area contributed by atoms with Gasteiger partial charge >= 0.3 is 0 Å². The maximum atomic E-state index is 12.4. The molecule has 0 spiro atoms. The van der Waals surface area contributed by atoms with Gasteiger partial charge in [-0.05, 0) is 36.6 Å². The second-order valence-corrected chi connectivity index (χ2v) is 6.76. The van der Waals surface area contributed by atoms with Crippen LogP contribution in [0.4, 0.5) is 5.69 Å². The molecule has 4 nitrogen and oxygen atoms in total. The third-order valence-corrected chi connectivity index (χ3v) is 5.31. The van der Waals surface area contributed by atoms with Crippen LogP contribution < -0.4 is 9.64 Å². The molecule has 23 heavy (non-hydrogen) atoms. The molecule has 2 fully saturated rings. The van der Waals surface area contributed by atoms with E-state index in [9.17, 15) is 4.79 Å². The molecule has 1 aromatic carbocycles. The Bertz CT molecular complexity index is 501. The molecule has 2 aliphatic rings. The van der Waals surface area contributed by atoms with Gasteiger partial charge in [0.25, 0.3) is 0 Å². The summed E-state index contributed by atoms with van der Waals surface area (Å²) in [5.41, 5.74) is 1.21. The minimum atomic E-state index is 0.353. The van der Waals surface area contributed by atoms with Gasteiger partial charge in [0.2, 0.25) is 5.91 Å². The first kappa shape index (κ1) is 16.2. The Hall–Kier alpha value is -1.71. The number of carbonyl (C=O) groups excluding carboxylic acids is 1. The topological polar surface area (TPSA) is 32.8 Å². The highest BCUT2D eigenvalue weighted by molar-refractivity contribution is 5.76. The van der Waals surface area contributed by atoms with Crippen molar-refractivity contribution in [3.05, 3.63) is 24.3 Å². The van der Waals surface area contributed by atoms with E-state index in [1.54, 1.807) is 7.11 Å². The minimum Gasteiger partial charge on any atom is -0.497 e. The second-order valence-electron chi connectivity index (χ2n) is 6.76. The molecule has 0 bridgehead atoms. The van der Waals surface area contributed by atoms with Gasteiger partial charge in [0.05, 0.1) is 7.11 Å². The summed E-state index contributed by atoms with van der Waals surface area (Å²) in [6.45, 7) is 3.52. The zero-order valence-electron chi connectivity index (χ0n) is 14.2. The summed E-state index contributed by atoms with van der Waals surface area (Å²) in [6.07, 6.45) is 7.22. The smallest absolute Gasteiger partial charge is 0.222 e. The van der Waals surface area contributed by atoms with Gasteiger partial charge in [-0.3, -0.25) is 4.79 Å². The van der Waals surface area contributed by atoms with Crippen molar-refractivity contribution in [2.75, 3.05) is 38.2 Å². The SMILES string of the molecule is COc1ccc(N2CCN(C(=O)CCC3CCCC3)CC2)cc1. The monoisotopic (exact) mass is 316 g/mol. The molecule has 1 aliphatic heterocycles. The Kier molecular flexibility index (Phi) is 5.42. The average molecular weight is 316 g/mol. The van der Waals surface area contributed by atoms with Crippen LogP contribution in [-0.4, -0.2) is 44.1 Å².